The van der Waals surface area contributed by atoms with Gasteiger partial charge >= 0.3 is 0 Å². The Balaban J connectivity index is 1.34. The first kappa shape index (κ1) is 21.5. The summed E-state index contributed by atoms with van der Waals surface area (Å²) in [6.45, 7) is 10.1. The van der Waals surface area contributed by atoms with Crippen molar-refractivity contribution in [2.24, 2.45) is 4.99 Å². The van der Waals surface area contributed by atoms with E-state index in [0.717, 1.165) is 70.5 Å². The summed E-state index contributed by atoms with van der Waals surface area (Å²) in [5.74, 6) is 1.82. The third-order valence-electron chi connectivity index (χ3n) is 5.10. The van der Waals surface area contributed by atoms with Gasteiger partial charge in [-0.25, -0.2) is 4.99 Å². The lowest BCUT2D eigenvalue weighted by molar-refractivity contribution is 0.255. The highest BCUT2D eigenvalue weighted by atomic mass is 32.1. The summed E-state index contributed by atoms with van der Waals surface area (Å²) in [4.78, 5) is 9.67. The van der Waals surface area contributed by atoms with Crippen LogP contribution in [0.15, 0.2) is 46.1 Å². The van der Waals surface area contributed by atoms with Gasteiger partial charge in [-0.2, -0.15) is 11.3 Å². The average Bonchev–Trinajstić information content (AvgIpc) is 3.29. The monoisotopic (exact) mass is 415 g/mol. The molecule has 0 unspecified atom stereocenters. The van der Waals surface area contributed by atoms with Crippen molar-refractivity contribution in [2.75, 3.05) is 57.8 Å². The minimum atomic E-state index is 0.728. The van der Waals surface area contributed by atoms with Crippen molar-refractivity contribution in [3.05, 3.63) is 46.7 Å². The Labute approximate surface area is 178 Å². The van der Waals surface area contributed by atoms with Crippen LogP contribution in [0.3, 0.4) is 0 Å². The van der Waals surface area contributed by atoms with E-state index in [9.17, 15) is 0 Å². The molecule has 2 aromatic rings. The molecule has 1 aliphatic heterocycles. The Morgan fingerprint density at radius 3 is 2.55 bits per heavy atom. The van der Waals surface area contributed by atoms with E-state index in [1.165, 1.54) is 11.3 Å². The lowest BCUT2D eigenvalue weighted by Crippen LogP contribution is -2.47. The Morgan fingerprint density at radius 2 is 1.90 bits per heavy atom. The second-order valence-electron chi connectivity index (χ2n) is 7.13. The van der Waals surface area contributed by atoms with E-state index in [1.54, 1.807) is 18.4 Å². The standard InChI is InChI=1S/C22H33N5OS/c1-3-23-22(25-17-19-9-16-29-18-19)24-10-4-11-26-12-14-27(15-13-26)20-5-7-21(28-2)8-6-20/h5-9,16,18H,3-4,10-15,17H2,1-2H3,(H2,23,24,25). The van der Waals surface area contributed by atoms with Gasteiger partial charge in [0.25, 0.3) is 0 Å². The van der Waals surface area contributed by atoms with Crippen LogP contribution in [-0.2, 0) is 6.54 Å². The third kappa shape index (κ3) is 6.94. The third-order valence-corrected chi connectivity index (χ3v) is 5.83. The van der Waals surface area contributed by atoms with Gasteiger partial charge < -0.3 is 20.3 Å². The van der Waals surface area contributed by atoms with E-state index >= 15 is 0 Å². The fraction of sp³-hybridized carbons (Fsp3) is 0.500. The van der Waals surface area contributed by atoms with E-state index in [4.69, 9.17) is 4.74 Å². The molecule has 158 valence electrons. The van der Waals surface area contributed by atoms with Crippen LogP contribution in [0.5, 0.6) is 5.75 Å². The van der Waals surface area contributed by atoms with E-state index in [0.29, 0.717) is 0 Å². The molecule has 1 aromatic carbocycles. The van der Waals surface area contributed by atoms with Crippen molar-refractivity contribution >= 4 is 23.0 Å². The van der Waals surface area contributed by atoms with Crippen LogP contribution in [0.25, 0.3) is 0 Å². The van der Waals surface area contributed by atoms with Crippen molar-refractivity contribution in [3.63, 3.8) is 0 Å². The fourth-order valence-electron chi connectivity index (χ4n) is 3.43. The lowest BCUT2D eigenvalue weighted by atomic mass is 10.2. The molecule has 1 fully saturated rings. The molecule has 0 bridgehead atoms. The largest absolute Gasteiger partial charge is 0.497 e. The zero-order valence-electron chi connectivity index (χ0n) is 17.6. The first-order valence-corrected chi connectivity index (χ1v) is 11.4. The van der Waals surface area contributed by atoms with Crippen LogP contribution in [-0.4, -0.2) is 63.8 Å². The predicted octanol–water partition coefficient (Wildman–Crippen LogP) is 3.02. The number of methoxy groups -OCH3 is 1. The Bertz CT molecular complexity index is 724. The van der Waals surface area contributed by atoms with Crippen LogP contribution in [0.1, 0.15) is 18.9 Å². The molecule has 0 amide bonds. The fourth-order valence-corrected chi connectivity index (χ4v) is 4.09. The SMILES string of the molecule is CCNC(=NCc1ccsc1)NCCCN1CCN(c2ccc(OC)cc2)CC1. The summed E-state index contributed by atoms with van der Waals surface area (Å²) in [6, 6.07) is 10.5. The van der Waals surface area contributed by atoms with Gasteiger partial charge in [-0.05, 0) is 66.5 Å². The molecule has 2 heterocycles. The van der Waals surface area contributed by atoms with Crippen molar-refractivity contribution in [3.8, 4) is 5.75 Å². The summed E-state index contributed by atoms with van der Waals surface area (Å²) >= 11 is 1.72. The number of hydrogen-bond acceptors (Lipinski definition) is 5. The molecule has 6 nitrogen and oxygen atoms in total. The number of ether oxygens (including phenoxy) is 1. The summed E-state index contributed by atoms with van der Waals surface area (Å²) in [5.41, 5.74) is 2.55. The van der Waals surface area contributed by atoms with Crippen molar-refractivity contribution in [1.82, 2.24) is 15.5 Å². The molecule has 0 radical (unpaired) electrons. The molecule has 2 N–H and O–H groups in total. The molecule has 0 aliphatic carbocycles. The number of hydrogen-bond donors (Lipinski definition) is 2. The molecule has 1 saturated heterocycles. The number of anilines is 1. The summed E-state index contributed by atoms with van der Waals surface area (Å²) in [6.07, 6.45) is 1.12. The Kier molecular flexibility index (Phi) is 8.64. The molecule has 0 spiro atoms. The second-order valence-corrected chi connectivity index (χ2v) is 7.91. The number of benzene rings is 1. The summed E-state index contributed by atoms with van der Waals surface area (Å²) < 4.78 is 5.25. The number of nitrogens with zero attached hydrogens (tertiary/aromatic N) is 3. The average molecular weight is 416 g/mol. The molecule has 29 heavy (non-hydrogen) atoms. The van der Waals surface area contributed by atoms with E-state index in [1.807, 2.05) is 12.1 Å². The summed E-state index contributed by atoms with van der Waals surface area (Å²) in [5, 5.41) is 11.0. The molecule has 0 saturated carbocycles. The molecule has 7 heteroatoms. The molecular formula is C22H33N5OS. The van der Waals surface area contributed by atoms with Gasteiger partial charge in [-0.1, -0.05) is 0 Å². The number of guanidine groups is 1. The number of thiophene rings is 1. The lowest BCUT2D eigenvalue weighted by Gasteiger charge is -2.36. The topological polar surface area (TPSA) is 52.1 Å². The van der Waals surface area contributed by atoms with Gasteiger partial charge in [-0.15, -0.1) is 0 Å². The minimum absolute atomic E-state index is 0.728. The highest BCUT2D eigenvalue weighted by Crippen LogP contribution is 2.20. The quantitative estimate of drug-likeness (QED) is 0.375. The highest BCUT2D eigenvalue weighted by Gasteiger charge is 2.16. The molecule has 1 aromatic heterocycles. The number of aliphatic imine (C=N–C) groups is 1. The van der Waals surface area contributed by atoms with Crippen LogP contribution >= 0.6 is 11.3 Å². The maximum atomic E-state index is 5.25. The number of nitrogens with one attached hydrogen (secondary N) is 2. The van der Waals surface area contributed by atoms with Crippen molar-refractivity contribution < 1.29 is 4.74 Å². The molecule has 1 aliphatic rings. The van der Waals surface area contributed by atoms with E-state index < -0.39 is 0 Å². The number of piperazine rings is 1. The molecular weight excluding hydrogens is 382 g/mol. The van der Waals surface area contributed by atoms with E-state index in [-0.39, 0.29) is 0 Å². The van der Waals surface area contributed by atoms with Gasteiger partial charge in [0, 0.05) is 45.0 Å². The Hall–Kier alpha value is -2.25. The van der Waals surface area contributed by atoms with Gasteiger partial charge in [0.1, 0.15) is 5.75 Å². The van der Waals surface area contributed by atoms with Crippen molar-refractivity contribution in [1.29, 1.82) is 0 Å². The van der Waals surface area contributed by atoms with Gasteiger partial charge in [0.2, 0.25) is 0 Å². The minimum Gasteiger partial charge on any atom is -0.497 e. The van der Waals surface area contributed by atoms with Gasteiger partial charge in [-0.3, -0.25) is 4.90 Å². The summed E-state index contributed by atoms with van der Waals surface area (Å²) in [7, 11) is 1.71. The maximum Gasteiger partial charge on any atom is 0.191 e. The normalized spacial score (nSPS) is 15.4. The Morgan fingerprint density at radius 1 is 1.10 bits per heavy atom. The van der Waals surface area contributed by atoms with Gasteiger partial charge in [0.15, 0.2) is 5.96 Å². The first-order valence-electron chi connectivity index (χ1n) is 10.4. The predicted molar refractivity (Wildman–Crippen MR) is 123 cm³/mol. The number of rotatable bonds is 9. The second kappa shape index (κ2) is 11.7. The zero-order valence-corrected chi connectivity index (χ0v) is 18.4. The van der Waals surface area contributed by atoms with Crippen LogP contribution in [0.2, 0.25) is 0 Å². The molecule has 3 rings (SSSR count). The van der Waals surface area contributed by atoms with Gasteiger partial charge in [0.05, 0.1) is 13.7 Å². The maximum absolute atomic E-state index is 5.25. The zero-order chi connectivity index (χ0) is 20.3. The molecule has 0 atom stereocenters. The van der Waals surface area contributed by atoms with Crippen LogP contribution in [0, 0.1) is 0 Å². The smallest absolute Gasteiger partial charge is 0.191 e. The van der Waals surface area contributed by atoms with Crippen LogP contribution in [0.4, 0.5) is 5.69 Å². The van der Waals surface area contributed by atoms with Crippen molar-refractivity contribution in [2.45, 2.75) is 19.9 Å². The van der Waals surface area contributed by atoms with E-state index in [2.05, 4.69) is 61.3 Å². The first-order chi connectivity index (χ1) is 14.3. The van der Waals surface area contributed by atoms with Crippen LogP contribution < -0.4 is 20.3 Å². The highest BCUT2D eigenvalue weighted by molar-refractivity contribution is 7.07.